The Kier molecular flexibility index (Phi) is 6.44. The quantitative estimate of drug-likeness (QED) is 0.650. The lowest BCUT2D eigenvalue weighted by molar-refractivity contribution is 0.195. The molecule has 1 aromatic heterocycles. The highest BCUT2D eigenvalue weighted by Crippen LogP contribution is 2.24. The number of nitrogens with one attached hydrogen (secondary N) is 1. The first-order valence-corrected chi connectivity index (χ1v) is 9.30. The van der Waals surface area contributed by atoms with Crippen molar-refractivity contribution in [2.45, 2.75) is 19.5 Å². The Morgan fingerprint density at radius 2 is 1.63 bits per heavy atom. The zero-order chi connectivity index (χ0) is 19.1. The number of amides is 2. The van der Waals surface area contributed by atoms with E-state index in [2.05, 4.69) is 10.3 Å². The van der Waals surface area contributed by atoms with Gasteiger partial charge in [0.15, 0.2) is 0 Å². The van der Waals surface area contributed by atoms with Gasteiger partial charge >= 0.3 is 6.03 Å². The molecule has 1 N–H and O–H groups in total. The van der Waals surface area contributed by atoms with Crippen molar-refractivity contribution in [1.29, 1.82) is 0 Å². The van der Waals surface area contributed by atoms with Crippen LogP contribution in [-0.2, 0) is 6.54 Å². The molecule has 0 aliphatic rings. The molecule has 3 aromatic rings. The van der Waals surface area contributed by atoms with Gasteiger partial charge in [0.25, 0.3) is 0 Å². The topological polar surface area (TPSA) is 45.2 Å². The standard InChI is InChI=1S/C22H22ClN3O/c1-2-26(16-17-12-14-24-15-13-17)22(27)25-21(18-6-4-3-5-7-18)19-8-10-20(23)11-9-19/h3-15,21H,2,16H2,1H3,(H,25,27). The Bertz CT molecular complexity index is 854. The molecule has 138 valence electrons. The predicted octanol–water partition coefficient (Wildman–Crippen LogP) is 5.06. The predicted molar refractivity (Wildman–Crippen MR) is 109 cm³/mol. The molecule has 0 saturated heterocycles. The van der Waals surface area contributed by atoms with E-state index in [4.69, 9.17) is 11.6 Å². The number of pyridine rings is 1. The van der Waals surface area contributed by atoms with Crippen LogP contribution in [0.4, 0.5) is 4.79 Å². The van der Waals surface area contributed by atoms with Gasteiger partial charge in [-0.1, -0.05) is 54.1 Å². The van der Waals surface area contributed by atoms with Crippen LogP contribution >= 0.6 is 11.6 Å². The highest BCUT2D eigenvalue weighted by Gasteiger charge is 2.20. The number of hydrogen-bond acceptors (Lipinski definition) is 2. The minimum atomic E-state index is -0.248. The number of halogens is 1. The fourth-order valence-corrected chi connectivity index (χ4v) is 3.04. The molecular weight excluding hydrogens is 358 g/mol. The van der Waals surface area contributed by atoms with Crippen LogP contribution in [0.25, 0.3) is 0 Å². The maximum absolute atomic E-state index is 13.0. The lowest BCUT2D eigenvalue weighted by atomic mass is 9.99. The van der Waals surface area contributed by atoms with Crippen LogP contribution in [0.3, 0.4) is 0 Å². The van der Waals surface area contributed by atoms with E-state index in [1.54, 1.807) is 17.3 Å². The van der Waals surface area contributed by atoms with Crippen molar-refractivity contribution >= 4 is 17.6 Å². The van der Waals surface area contributed by atoms with Crippen LogP contribution < -0.4 is 5.32 Å². The molecule has 1 atom stereocenters. The minimum Gasteiger partial charge on any atom is -0.327 e. The molecule has 3 rings (SSSR count). The second-order valence-corrected chi connectivity index (χ2v) is 6.65. The largest absolute Gasteiger partial charge is 0.327 e. The average molecular weight is 380 g/mol. The van der Waals surface area contributed by atoms with Crippen LogP contribution in [0.2, 0.25) is 5.02 Å². The van der Waals surface area contributed by atoms with Gasteiger partial charge in [-0.05, 0) is 47.9 Å². The number of benzene rings is 2. The molecule has 0 radical (unpaired) electrons. The van der Waals surface area contributed by atoms with Crippen LogP contribution in [0.1, 0.15) is 29.7 Å². The summed E-state index contributed by atoms with van der Waals surface area (Å²) in [6.07, 6.45) is 3.48. The van der Waals surface area contributed by atoms with Gasteiger partial charge in [-0.2, -0.15) is 0 Å². The molecule has 0 bridgehead atoms. The summed E-state index contributed by atoms with van der Waals surface area (Å²) in [6.45, 7) is 3.11. The number of hydrogen-bond donors (Lipinski definition) is 1. The van der Waals surface area contributed by atoms with Crippen molar-refractivity contribution in [1.82, 2.24) is 15.2 Å². The fourth-order valence-electron chi connectivity index (χ4n) is 2.91. The van der Waals surface area contributed by atoms with Crippen LogP contribution in [0.15, 0.2) is 79.1 Å². The Labute approximate surface area is 164 Å². The summed E-state index contributed by atoms with van der Waals surface area (Å²) >= 11 is 6.03. The molecule has 4 nitrogen and oxygen atoms in total. The average Bonchev–Trinajstić information content (AvgIpc) is 2.72. The first-order chi connectivity index (χ1) is 13.2. The van der Waals surface area contributed by atoms with Gasteiger partial charge in [0.2, 0.25) is 0 Å². The van der Waals surface area contributed by atoms with Crippen molar-refractivity contribution in [3.63, 3.8) is 0 Å². The monoisotopic (exact) mass is 379 g/mol. The van der Waals surface area contributed by atoms with E-state index in [0.717, 1.165) is 16.7 Å². The molecule has 2 aromatic carbocycles. The molecule has 1 unspecified atom stereocenters. The first-order valence-electron chi connectivity index (χ1n) is 8.92. The van der Waals surface area contributed by atoms with Gasteiger partial charge in [-0.3, -0.25) is 4.98 Å². The van der Waals surface area contributed by atoms with E-state index in [0.29, 0.717) is 18.1 Å². The van der Waals surface area contributed by atoms with Crippen molar-refractivity contribution < 1.29 is 4.79 Å². The highest BCUT2D eigenvalue weighted by atomic mass is 35.5. The number of nitrogens with zero attached hydrogens (tertiary/aromatic N) is 2. The number of rotatable bonds is 6. The lowest BCUT2D eigenvalue weighted by Crippen LogP contribution is -2.41. The van der Waals surface area contributed by atoms with Crippen LogP contribution in [0.5, 0.6) is 0 Å². The van der Waals surface area contributed by atoms with Crippen molar-refractivity contribution in [2.75, 3.05) is 6.54 Å². The van der Waals surface area contributed by atoms with E-state index < -0.39 is 0 Å². The molecule has 27 heavy (non-hydrogen) atoms. The molecule has 0 aliphatic heterocycles. The molecular formula is C22H22ClN3O. The zero-order valence-electron chi connectivity index (χ0n) is 15.2. The van der Waals surface area contributed by atoms with Crippen molar-refractivity contribution in [3.8, 4) is 0 Å². The van der Waals surface area contributed by atoms with Crippen molar-refractivity contribution in [2.24, 2.45) is 0 Å². The van der Waals surface area contributed by atoms with Gasteiger partial charge in [0.1, 0.15) is 0 Å². The fraction of sp³-hybridized carbons (Fsp3) is 0.182. The summed E-state index contributed by atoms with van der Waals surface area (Å²) in [6, 6.07) is 21.0. The number of carbonyl (C=O) groups is 1. The third-order valence-corrected chi connectivity index (χ3v) is 4.65. The maximum atomic E-state index is 13.0. The summed E-state index contributed by atoms with van der Waals surface area (Å²) in [5.41, 5.74) is 3.05. The van der Waals surface area contributed by atoms with E-state index in [-0.39, 0.29) is 12.1 Å². The number of aromatic nitrogens is 1. The Morgan fingerprint density at radius 3 is 2.26 bits per heavy atom. The van der Waals surface area contributed by atoms with Gasteiger partial charge in [0.05, 0.1) is 6.04 Å². The van der Waals surface area contributed by atoms with E-state index >= 15 is 0 Å². The summed E-state index contributed by atoms with van der Waals surface area (Å²) in [7, 11) is 0. The highest BCUT2D eigenvalue weighted by molar-refractivity contribution is 6.30. The second kappa shape index (κ2) is 9.19. The molecule has 0 fully saturated rings. The summed E-state index contributed by atoms with van der Waals surface area (Å²) < 4.78 is 0. The Hall–Kier alpha value is -2.85. The molecule has 2 amide bonds. The van der Waals surface area contributed by atoms with Gasteiger partial charge in [0, 0.05) is 30.5 Å². The number of carbonyl (C=O) groups excluding carboxylic acids is 1. The second-order valence-electron chi connectivity index (χ2n) is 6.21. The Balaban J connectivity index is 1.82. The molecule has 1 heterocycles. The third kappa shape index (κ3) is 5.08. The molecule has 0 aliphatic carbocycles. The molecule has 0 saturated carbocycles. The maximum Gasteiger partial charge on any atom is 0.318 e. The summed E-state index contributed by atoms with van der Waals surface area (Å²) in [4.78, 5) is 18.8. The lowest BCUT2D eigenvalue weighted by Gasteiger charge is -2.26. The zero-order valence-corrected chi connectivity index (χ0v) is 15.9. The van der Waals surface area contributed by atoms with E-state index in [1.165, 1.54) is 0 Å². The van der Waals surface area contributed by atoms with Crippen LogP contribution in [0, 0.1) is 0 Å². The third-order valence-electron chi connectivity index (χ3n) is 4.40. The SMILES string of the molecule is CCN(Cc1ccncc1)C(=O)NC(c1ccccc1)c1ccc(Cl)cc1. The molecule has 5 heteroatoms. The van der Waals surface area contributed by atoms with Gasteiger partial charge in [-0.15, -0.1) is 0 Å². The first kappa shape index (κ1) is 18.9. The minimum absolute atomic E-state index is 0.113. The Morgan fingerprint density at radius 1 is 1.00 bits per heavy atom. The smallest absolute Gasteiger partial charge is 0.318 e. The summed E-state index contributed by atoms with van der Waals surface area (Å²) in [5, 5.41) is 3.84. The van der Waals surface area contributed by atoms with E-state index in [1.807, 2.05) is 73.7 Å². The summed E-state index contributed by atoms with van der Waals surface area (Å²) in [5.74, 6) is 0. The number of urea groups is 1. The van der Waals surface area contributed by atoms with Gasteiger partial charge in [-0.25, -0.2) is 4.79 Å². The van der Waals surface area contributed by atoms with E-state index in [9.17, 15) is 4.79 Å². The normalized spacial score (nSPS) is 11.6. The van der Waals surface area contributed by atoms with Gasteiger partial charge < -0.3 is 10.2 Å². The van der Waals surface area contributed by atoms with Crippen LogP contribution in [-0.4, -0.2) is 22.5 Å². The molecule has 0 spiro atoms. The van der Waals surface area contributed by atoms with Crippen molar-refractivity contribution in [3.05, 3.63) is 101 Å².